The highest BCUT2D eigenvalue weighted by atomic mass is 16.4. The minimum absolute atomic E-state index is 0.756. The predicted octanol–water partition coefficient (Wildman–Crippen LogP) is -2.21. The van der Waals surface area contributed by atoms with Gasteiger partial charge < -0.3 is 20.4 Å². The lowest BCUT2D eigenvalue weighted by Gasteiger charge is -2.09. The fourth-order valence-corrected chi connectivity index (χ4v) is 0.264. The van der Waals surface area contributed by atoms with Crippen molar-refractivity contribution < 1.29 is 25.2 Å². The van der Waals surface area contributed by atoms with Gasteiger partial charge in [0.1, 0.15) is 6.10 Å². The summed E-state index contributed by atoms with van der Waals surface area (Å²) in [6.45, 7) is -0.756. The predicted molar refractivity (Wildman–Crippen MR) is 26.7 cm³/mol. The zero-order chi connectivity index (χ0) is 7.44. The molecule has 0 heterocycles. The van der Waals surface area contributed by atoms with Crippen molar-refractivity contribution in [2.24, 2.45) is 0 Å². The monoisotopic (exact) mass is 136 g/mol. The fraction of sp³-hybridized carbons (Fsp3) is 0.750. The van der Waals surface area contributed by atoms with Gasteiger partial charge in [0.2, 0.25) is 0 Å². The van der Waals surface area contributed by atoms with Crippen LogP contribution in [0.15, 0.2) is 0 Å². The third-order valence-electron chi connectivity index (χ3n) is 0.805. The van der Waals surface area contributed by atoms with Crippen LogP contribution in [-0.4, -0.2) is 45.2 Å². The third kappa shape index (κ3) is 2.41. The zero-order valence-electron chi connectivity index (χ0n) is 4.56. The van der Waals surface area contributed by atoms with E-state index in [2.05, 4.69) is 0 Å². The van der Waals surface area contributed by atoms with Crippen molar-refractivity contribution in [2.75, 3.05) is 6.61 Å². The summed E-state index contributed by atoms with van der Waals surface area (Å²) in [4.78, 5) is 9.78. The normalized spacial score (nSPS) is 16.8. The van der Waals surface area contributed by atoms with Crippen LogP contribution in [0.5, 0.6) is 0 Å². The molecular formula is C4H8O5. The molecule has 0 rings (SSSR count). The Balaban J connectivity index is 3.72. The number of carboxylic acids is 1. The van der Waals surface area contributed by atoms with E-state index in [1.165, 1.54) is 0 Å². The molecule has 0 fully saturated rings. The molecule has 0 aliphatic heterocycles. The van der Waals surface area contributed by atoms with E-state index in [1.807, 2.05) is 0 Å². The Morgan fingerprint density at radius 2 is 1.89 bits per heavy atom. The molecule has 0 radical (unpaired) electrons. The minimum atomic E-state index is -1.89. The van der Waals surface area contributed by atoms with Crippen molar-refractivity contribution in [2.45, 2.75) is 12.2 Å². The molecular weight excluding hydrogens is 128 g/mol. The maximum Gasteiger partial charge on any atom is 0.335 e. The smallest absolute Gasteiger partial charge is 0.335 e. The molecule has 0 bridgehead atoms. The van der Waals surface area contributed by atoms with Crippen LogP contribution >= 0.6 is 0 Å². The van der Waals surface area contributed by atoms with Crippen LogP contribution in [0, 0.1) is 0 Å². The standard InChI is InChI=1S/C4H8O5/c5-1-2(6)3(7)4(8)9/h2-3,5-7H,1H2,(H,8,9)/t2-,3?/m0/s1. The molecule has 1 unspecified atom stereocenters. The molecule has 9 heavy (non-hydrogen) atoms. The van der Waals surface area contributed by atoms with Gasteiger partial charge in [-0.2, -0.15) is 0 Å². The molecule has 0 spiro atoms. The summed E-state index contributed by atoms with van der Waals surface area (Å²) in [6.07, 6.45) is -3.49. The number of hydrogen-bond donors (Lipinski definition) is 4. The van der Waals surface area contributed by atoms with Crippen molar-refractivity contribution in [3.05, 3.63) is 0 Å². The Morgan fingerprint density at radius 3 is 2.00 bits per heavy atom. The van der Waals surface area contributed by atoms with E-state index in [-0.39, 0.29) is 0 Å². The summed E-state index contributed by atoms with van der Waals surface area (Å²) in [7, 11) is 0. The highest BCUT2D eigenvalue weighted by Gasteiger charge is 2.21. The number of aliphatic carboxylic acids is 1. The van der Waals surface area contributed by atoms with Gasteiger partial charge in [-0.25, -0.2) is 4.79 Å². The minimum Gasteiger partial charge on any atom is -0.479 e. The SMILES string of the molecule is O=C(O)C(O)[C@@H](O)CO. The number of carboxylic acid groups (broad SMARTS) is 1. The van der Waals surface area contributed by atoms with Crippen LogP contribution in [-0.2, 0) is 4.79 Å². The van der Waals surface area contributed by atoms with Crippen LogP contribution in [0.3, 0.4) is 0 Å². The number of aliphatic hydroxyl groups is 3. The first-order chi connectivity index (χ1) is 4.09. The van der Waals surface area contributed by atoms with E-state index in [1.54, 1.807) is 0 Å². The maximum absolute atomic E-state index is 9.78. The van der Waals surface area contributed by atoms with E-state index < -0.39 is 24.8 Å². The average Bonchev–Trinajstić information content (AvgIpc) is 1.84. The first-order valence-corrected chi connectivity index (χ1v) is 2.29. The van der Waals surface area contributed by atoms with E-state index in [9.17, 15) is 4.79 Å². The molecule has 5 nitrogen and oxygen atoms in total. The summed E-state index contributed by atoms with van der Waals surface area (Å²) in [5.74, 6) is -1.54. The molecule has 0 aromatic carbocycles. The summed E-state index contributed by atoms with van der Waals surface area (Å²) < 4.78 is 0. The quantitative estimate of drug-likeness (QED) is 0.352. The van der Waals surface area contributed by atoms with Crippen molar-refractivity contribution in [3.63, 3.8) is 0 Å². The lowest BCUT2D eigenvalue weighted by atomic mass is 10.2. The first kappa shape index (κ1) is 8.35. The Morgan fingerprint density at radius 1 is 1.44 bits per heavy atom. The van der Waals surface area contributed by atoms with E-state index in [0.717, 1.165) is 0 Å². The highest BCUT2D eigenvalue weighted by molar-refractivity contribution is 5.72. The van der Waals surface area contributed by atoms with E-state index in [0.29, 0.717) is 0 Å². The number of rotatable bonds is 3. The molecule has 4 N–H and O–H groups in total. The molecule has 0 aliphatic carbocycles. The summed E-state index contributed by atoms with van der Waals surface area (Å²) in [5, 5.41) is 32.8. The molecule has 0 aromatic rings. The van der Waals surface area contributed by atoms with Gasteiger partial charge in [0.05, 0.1) is 6.61 Å². The number of hydrogen-bond acceptors (Lipinski definition) is 4. The average molecular weight is 136 g/mol. The molecule has 54 valence electrons. The van der Waals surface area contributed by atoms with Crippen molar-refractivity contribution in [1.29, 1.82) is 0 Å². The third-order valence-corrected chi connectivity index (χ3v) is 0.805. The zero-order valence-corrected chi connectivity index (χ0v) is 4.56. The molecule has 5 heteroatoms. The Hall–Kier alpha value is -0.650. The van der Waals surface area contributed by atoms with E-state index in [4.69, 9.17) is 20.4 Å². The lowest BCUT2D eigenvalue weighted by molar-refractivity contribution is -0.154. The molecule has 0 aliphatic rings. The molecule has 0 aromatic heterocycles. The van der Waals surface area contributed by atoms with Gasteiger partial charge in [-0.15, -0.1) is 0 Å². The lowest BCUT2D eigenvalue weighted by Crippen LogP contribution is -2.36. The van der Waals surface area contributed by atoms with Gasteiger partial charge in [-0.05, 0) is 0 Å². The second-order valence-electron chi connectivity index (χ2n) is 1.53. The Labute approximate surface area is 51.2 Å². The largest absolute Gasteiger partial charge is 0.479 e. The van der Waals surface area contributed by atoms with Crippen LogP contribution in [0.25, 0.3) is 0 Å². The van der Waals surface area contributed by atoms with Crippen molar-refractivity contribution >= 4 is 5.97 Å². The number of aliphatic hydroxyl groups excluding tert-OH is 3. The highest BCUT2D eigenvalue weighted by Crippen LogP contribution is 1.90. The Kier molecular flexibility index (Phi) is 3.15. The maximum atomic E-state index is 9.78. The number of carbonyl (C=O) groups is 1. The van der Waals surface area contributed by atoms with Gasteiger partial charge in [0, 0.05) is 0 Å². The van der Waals surface area contributed by atoms with Crippen LogP contribution in [0.2, 0.25) is 0 Å². The van der Waals surface area contributed by atoms with Crippen molar-refractivity contribution in [1.82, 2.24) is 0 Å². The molecule has 0 saturated carbocycles. The van der Waals surface area contributed by atoms with Gasteiger partial charge in [0.15, 0.2) is 6.10 Å². The van der Waals surface area contributed by atoms with Gasteiger partial charge in [-0.3, -0.25) is 0 Å². The van der Waals surface area contributed by atoms with Gasteiger partial charge in [-0.1, -0.05) is 0 Å². The molecule has 2 atom stereocenters. The van der Waals surface area contributed by atoms with Crippen molar-refractivity contribution in [3.8, 4) is 0 Å². The summed E-state index contributed by atoms with van der Waals surface area (Å²) >= 11 is 0. The van der Waals surface area contributed by atoms with Crippen LogP contribution < -0.4 is 0 Å². The first-order valence-electron chi connectivity index (χ1n) is 2.29. The van der Waals surface area contributed by atoms with Crippen LogP contribution in [0.4, 0.5) is 0 Å². The fourth-order valence-electron chi connectivity index (χ4n) is 0.264. The topological polar surface area (TPSA) is 98.0 Å². The van der Waals surface area contributed by atoms with E-state index >= 15 is 0 Å². The second-order valence-corrected chi connectivity index (χ2v) is 1.53. The van der Waals surface area contributed by atoms with Crippen LogP contribution in [0.1, 0.15) is 0 Å². The van der Waals surface area contributed by atoms with Gasteiger partial charge >= 0.3 is 5.97 Å². The Bertz CT molecular complexity index is 101. The molecule has 0 saturated heterocycles. The van der Waals surface area contributed by atoms with Gasteiger partial charge in [0.25, 0.3) is 0 Å². The summed E-state index contributed by atoms with van der Waals surface area (Å²) in [5.41, 5.74) is 0. The summed E-state index contributed by atoms with van der Waals surface area (Å²) in [6, 6.07) is 0. The second kappa shape index (κ2) is 3.39. The molecule has 0 amide bonds.